The highest BCUT2D eigenvalue weighted by atomic mass is 16.5. The van der Waals surface area contributed by atoms with Crippen LogP contribution in [0, 0.1) is 0 Å². The van der Waals surface area contributed by atoms with Gasteiger partial charge in [-0.3, -0.25) is 0 Å². The van der Waals surface area contributed by atoms with Gasteiger partial charge < -0.3 is 14.8 Å². The maximum absolute atomic E-state index is 11.9. The summed E-state index contributed by atoms with van der Waals surface area (Å²) >= 11 is 0. The topological polar surface area (TPSA) is 47.6 Å². The van der Waals surface area contributed by atoms with Gasteiger partial charge in [-0.15, -0.1) is 0 Å². The summed E-state index contributed by atoms with van der Waals surface area (Å²) in [5.41, 5.74) is 1.65. The number of hydrogen-bond acceptors (Lipinski definition) is 4. The van der Waals surface area contributed by atoms with E-state index in [4.69, 9.17) is 9.47 Å². The van der Waals surface area contributed by atoms with Gasteiger partial charge in [0.2, 0.25) is 0 Å². The van der Waals surface area contributed by atoms with Crippen LogP contribution in [-0.4, -0.2) is 25.2 Å². The van der Waals surface area contributed by atoms with Crippen LogP contribution >= 0.6 is 0 Å². The minimum atomic E-state index is -0.269. The van der Waals surface area contributed by atoms with Crippen LogP contribution in [0.2, 0.25) is 0 Å². The molecule has 1 aliphatic rings. The fourth-order valence-electron chi connectivity index (χ4n) is 2.12. The standard InChI is InChI=1S/C16H23NO3/c1-3-5-8-19-16(18)12-6-7-13-10-17-14(4-2)11-20-15(13)9-12/h6-7,9,14,17H,3-5,8,10-11H2,1-2H3/t14-/m0/s1. The van der Waals surface area contributed by atoms with Crippen LogP contribution in [0.3, 0.4) is 0 Å². The van der Waals surface area contributed by atoms with Crippen molar-refractivity contribution in [2.45, 2.75) is 45.7 Å². The molecule has 0 fully saturated rings. The van der Waals surface area contributed by atoms with Crippen molar-refractivity contribution >= 4 is 5.97 Å². The third-order valence-electron chi connectivity index (χ3n) is 3.55. The van der Waals surface area contributed by atoms with E-state index in [2.05, 4.69) is 19.2 Å². The predicted octanol–water partition coefficient (Wildman–Crippen LogP) is 2.90. The van der Waals surface area contributed by atoms with Crippen LogP contribution in [0.25, 0.3) is 0 Å². The van der Waals surface area contributed by atoms with E-state index in [9.17, 15) is 4.79 Å². The molecule has 1 N–H and O–H groups in total. The number of ether oxygens (including phenoxy) is 2. The van der Waals surface area contributed by atoms with Crippen molar-refractivity contribution in [3.05, 3.63) is 29.3 Å². The van der Waals surface area contributed by atoms with Gasteiger partial charge in [0.25, 0.3) is 0 Å². The lowest BCUT2D eigenvalue weighted by atomic mass is 10.1. The Morgan fingerprint density at radius 3 is 3.05 bits per heavy atom. The lowest BCUT2D eigenvalue weighted by molar-refractivity contribution is 0.0499. The van der Waals surface area contributed by atoms with Gasteiger partial charge in [-0.25, -0.2) is 4.79 Å². The summed E-state index contributed by atoms with van der Waals surface area (Å²) in [5.74, 6) is 0.521. The molecule has 20 heavy (non-hydrogen) atoms. The molecule has 0 bridgehead atoms. The van der Waals surface area contributed by atoms with Crippen LogP contribution < -0.4 is 10.1 Å². The molecule has 4 heteroatoms. The van der Waals surface area contributed by atoms with E-state index in [1.165, 1.54) is 0 Å². The van der Waals surface area contributed by atoms with Gasteiger partial charge in [0, 0.05) is 18.2 Å². The minimum Gasteiger partial charge on any atom is -0.492 e. The molecule has 0 amide bonds. The number of esters is 1. The zero-order chi connectivity index (χ0) is 14.4. The lowest BCUT2D eigenvalue weighted by Gasteiger charge is -2.12. The number of fused-ring (bicyclic) bond motifs is 1. The van der Waals surface area contributed by atoms with E-state index < -0.39 is 0 Å². The van der Waals surface area contributed by atoms with Gasteiger partial charge >= 0.3 is 5.97 Å². The highest BCUT2D eigenvalue weighted by Crippen LogP contribution is 2.23. The van der Waals surface area contributed by atoms with Crippen LogP contribution in [0.15, 0.2) is 18.2 Å². The summed E-state index contributed by atoms with van der Waals surface area (Å²) in [7, 11) is 0. The molecule has 0 unspecified atom stereocenters. The molecule has 0 spiro atoms. The summed E-state index contributed by atoms with van der Waals surface area (Å²) in [6, 6.07) is 5.91. The van der Waals surface area contributed by atoms with Gasteiger partial charge in [0.1, 0.15) is 12.4 Å². The van der Waals surface area contributed by atoms with E-state index in [0.717, 1.165) is 37.1 Å². The molecule has 2 rings (SSSR count). The number of rotatable bonds is 5. The van der Waals surface area contributed by atoms with Crippen molar-refractivity contribution in [2.75, 3.05) is 13.2 Å². The zero-order valence-electron chi connectivity index (χ0n) is 12.3. The van der Waals surface area contributed by atoms with Crippen LogP contribution in [0.4, 0.5) is 0 Å². The summed E-state index contributed by atoms with van der Waals surface area (Å²) in [6.07, 6.45) is 2.94. The predicted molar refractivity (Wildman–Crippen MR) is 78.0 cm³/mol. The van der Waals surface area contributed by atoms with Crippen molar-refractivity contribution < 1.29 is 14.3 Å². The third-order valence-corrected chi connectivity index (χ3v) is 3.55. The Kier molecular flexibility index (Phi) is 5.41. The third kappa shape index (κ3) is 3.73. The summed E-state index contributed by atoms with van der Waals surface area (Å²) in [5, 5.41) is 3.44. The SMILES string of the molecule is CCCCOC(=O)c1ccc2c(c1)OC[C@H](CC)NC2. The Bertz CT molecular complexity index is 459. The van der Waals surface area contributed by atoms with Gasteiger partial charge in [-0.2, -0.15) is 0 Å². The number of carbonyl (C=O) groups is 1. The molecule has 1 aromatic carbocycles. The second-order valence-electron chi connectivity index (χ2n) is 5.11. The van der Waals surface area contributed by atoms with Gasteiger partial charge in [0.15, 0.2) is 0 Å². The first-order valence-corrected chi connectivity index (χ1v) is 7.40. The van der Waals surface area contributed by atoms with E-state index in [1.54, 1.807) is 6.07 Å². The molecule has 0 saturated carbocycles. The first-order valence-electron chi connectivity index (χ1n) is 7.40. The van der Waals surface area contributed by atoms with Crippen LogP contribution in [-0.2, 0) is 11.3 Å². The fraction of sp³-hybridized carbons (Fsp3) is 0.562. The number of nitrogens with one attached hydrogen (secondary N) is 1. The fourth-order valence-corrected chi connectivity index (χ4v) is 2.12. The molecule has 1 aliphatic heterocycles. The van der Waals surface area contributed by atoms with E-state index in [1.807, 2.05) is 12.1 Å². The van der Waals surface area contributed by atoms with E-state index in [-0.39, 0.29) is 5.97 Å². The highest BCUT2D eigenvalue weighted by molar-refractivity contribution is 5.90. The molecule has 1 aromatic rings. The zero-order valence-corrected chi connectivity index (χ0v) is 12.3. The second kappa shape index (κ2) is 7.29. The van der Waals surface area contributed by atoms with Crippen molar-refractivity contribution in [1.82, 2.24) is 5.32 Å². The summed E-state index contributed by atoms with van der Waals surface area (Å²) in [6.45, 7) is 6.10. The Labute approximate surface area is 120 Å². The van der Waals surface area contributed by atoms with Crippen LogP contribution in [0.1, 0.15) is 49.0 Å². The van der Waals surface area contributed by atoms with Crippen LogP contribution in [0.5, 0.6) is 5.75 Å². The Balaban J connectivity index is 2.04. The molecular weight excluding hydrogens is 254 g/mol. The van der Waals surface area contributed by atoms with Crippen molar-refractivity contribution in [1.29, 1.82) is 0 Å². The average Bonchev–Trinajstić information content (AvgIpc) is 2.68. The largest absolute Gasteiger partial charge is 0.492 e. The van der Waals surface area contributed by atoms with E-state index in [0.29, 0.717) is 24.8 Å². The molecular formula is C16H23NO3. The number of hydrogen-bond donors (Lipinski definition) is 1. The smallest absolute Gasteiger partial charge is 0.338 e. The number of unbranched alkanes of at least 4 members (excludes halogenated alkanes) is 1. The van der Waals surface area contributed by atoms with Crippen molar-refractivity contribution in [2.24, 2.45) is 0 Å². The monoisotopic (exact) mass is 277 g/mol. The highest BCUT2D eigenvalue weighted by Gasteiger charge is 2.17. The maximum Gasteiger partial charge on any atom is 0.338 e. The van der Waals surface area contributed by atoms with Crippen molar-refractivity contribution in [3.63, 3.8) is 0 Å². The van der Waals surface area contributed by atoms with E-state index >= 15 is 0 Å². The molecule has 4 nitrogen and oxygen atoms in total. The number of benzene rings is 1. The maximum atomic E-state index is 11.9. The quantitative estimate of drug-likeness (QED) is 0.664. The first kappa shape index (κ1) is 14.9. The summed E-state index contributed by atoms with van der Waals surface area (Å²) in [4.78, 5) is 11.9. The molecule has 0 aromatic heterocycles. The normalized spacial score (nSPS) is 17.8. The Hall–Kier alpha value is -1.55. The average molecular weight is 277 g/mol. The van der Waals surface area contributed by atoms with Gasteiger partial charge in [-0.1, -0.05) is 26.3 Å². The molecule has 0 radical (unpaired) electrons. The molecule has 0 saturated heterocycles. The first-order chi connectivity index (χ1) is 9.74. The lowest BCUT2D eigenvalue weighted by Crippen LogP contribution is -2.31. The van der Waals surface area contributed by atoms with Gasteiger partial charge in [0.05, 0.1) is 12.2 Å². The van der Waals surface area contributed by atoms with Gasteiger partial charge in [-0.05, 0) is 25.0 Å². The Morgan fingerprint density at radius 1 is 1.45 bits per heavy atom. The second-order valence-corrected chi connectivity index (χ2v) is 5.11. The molecule has 110 valence electrons. The Morgan fingerprint density at radius 2 is 2.30 bits per heavy atom. The number of carbonyl (C=O) groups excluding carboxylic acids is 1. The molecule has 1 heterocycles. The summed E-state index contributed by atoms with van der Waals surface area (Å²) < 4.78 is 11.0. The molecule has 0 aliphatic carbocycles. The minimum absolute atomic E-state index is 0.269. The molecule has 1 atom stereocenters. The van der Waals surface area contributed by atoms with Crippen molar-refractivity contribution in [3.8, 4) is 5.75 Å².